The van der Waals surface area contributed by atoms with Crippen LogP contribution in [0, 0.1) is 0 Å². The number of piperazine rings is 1. The van der Waals surface area contributed by atoms with Crippen LogP contribution in [0.4, 0.5) is 28.7 Å². The van der Waals surface area contributed by atoms with Crippen LogP contribution in [0.15, 0.2) is 61.1 Å². The summed E-state index contributed by atoms with van der Waals surface area (Å²) in [6.07, 6.45) is 11.7. The molecule has 1 unspecified atom stereocenters. The Kier molecular flexibility index (Phi) is 12.1. The fraction of sp³-hybridized carbons (Fsp3) is 0.423. The molecule has 0 radical (unpaired) electrons. The number of pyridine rings is 3. The van der Waals surface area contributed by atoms with Crippen LogP contribution in [-0.2, 0) is 28.9 Å². The summed E-state index contributed by atoms with van der Waals surface area (Å²) in [5.41, 5.74) is 7.70. The number of hydrogen-bond donors (Lipinski definition) is 3. The van der Waals surface area contributed by atoms with Crippen LogP contribution in [0.2, 0.25) is 0 Å². The average molecular weight is 965 g/mol. The molecule has 362 valence electrons. The Balaban J connectivity index is 0.724. The van der Waals surface area contributed by atoms with Crippen molar-refractivity contribution >= 4 is 69.6 Å². The Bertz CT molecular complexity index is 2930. The van der Waals surface area contributed by atoms with Gasteiger partial charge in [-0.2, -0.15) is 0 Å². The quantitative estimate of drug-likeness (QED) is 0.137. The molecule has 3 N–H and O–H groups in total. The SMILES string of the molecule is COc1ncc(-c2ccnc(N3CCc4c(sc5c4CCCC5)C3=O)c2C(C)O)cc1Nc1ccc(N2CCN(C3CCN(c4ccc5c(c4)C(=O)N([C@H]4CCC(=O)NC4=O)C5=O)CC3)C[C@@H]2C)cn1. The van der Waals surface area contributed by atoms with Gasteiger partial charge in [0.2, 0.25) is 17.7 Å². The van der Waals surface area contributed by atoms with Crippen molar-refractivity contribution in [2.45, 2.75) is 95.9 Å². The molecule has 1 aliphatic carbocycles. The fourth-order valence-corrected chi connectivity index (χ4v) is 12.9. The fourth-order valence-electron chi connectivity index (χ4n) is 11.5. The summed E-state index contributed by atoms with van der Waals surface area (Å²) in [5.74, 6) is -0.584. The molecular weight excluding hydrogens is 909 g/mol. The van der Waals surface area contributed by atoms with E-state index >= 15 is 0 Å². The van der Waals surface area contributed by atoms with Crippen LogP contribution in [0.25, 0.3) is 11.1 Å². The number of anilines is 5. The van der Waals surface area contributed by atoms with E-state index in [0.717, 1.165) is 110 Å². The molecule has 5 aromatic rings. The molecule has 3 saturated heterocycles. The number of methoxy groups -OCH3 is 1. The van der Waals surface area contributed by atoms with Gasteiger partial charge < -0.3 is 25.0 Å². The maximum absolute atomic E-state index is 14.1. The van der Waals surface area contributed by atoms with Crippen LogP contribution in [0.5, 0.6) is 5.88 Å². The van der Waals surface area contributed by atoms with E-state index in [-0.39, 0.29) is 30.4 Å². The number of imide groups is 2. The minimum atomic E-state index is -0.987. The number of aryl methyl sites for hydroxylation is 1. The number of carbonyl (C=O) groups is 5. The van der Waals surface area contributed by atoms with Crippen molar-refractivity contribution in [3.8, 4) is 17.0 Å². The number of amides is 5. The van der Waals surface area contributed by atoms with E-state index in [4.69, 9.17) is 14.7 Å². The molecule has 4 aromatic heterocycles. The van der Waals surface area contributed by atoms with E-state index in [2.05, 4.69) is 43.3 Å². The van der Waals surface area contributed by atoms with Gasteiger partial charge in [0.15, 0.2) is 0 Å². The molecule has 0 saturated carbocycles. The summed E-state index contributed by atoms with van der Waals surface area (Å²) >= 11 is 1.63. The van der Waals surface area contributed by atoms with Crippen molar-refractivity contribution in [2.24, 2.45) is 0 Å². The second kappa shape index (κ2) is 18.5. The zero-order valence-electron chi connectivity index (χ0n) is 39.6. The van der Waals surface area contributed by atoms with Crippen molar-refractivity contribution in [2.75, 3.05) is 66.4 Å². The van der Waals surface area contributed by atoms with Gasteiger partial charge in [0.05, 0.1) is 41.1 Å². The Labute approximate surface area is 409 Å². The van der Waals surface area contributed by atoms with E-state index in [1.165, 1.54) is 16.0 Å². The molecule has 0 bridgehead atoms. The standard InChI is InChI=1S/C52H56N10O7S/c1-29-28-59(32-15-19-58(20-16-32)33-8-10-38-39(25-33)51(67)62(50(38)66)41-11-13-44(64)57-48(41)65)22-23-60(29)34-9-12-43(54-27-34)56-40-24-31(26-55-49(40)69-3)35-14-18-53-47(45(35)30(2)63)61-21-17-37-36-6-4-5-7-42(36)70-46(37)52(61)68/h8-10,12,14,18,24-27,29-30,32,41,63H,4-7,11,13,15-17,19-23,28H2,1-3H3,(H,54,56)(H,57,64,65)/t29-,30?,41-/m0/s1. The Hall–Kier alpha value is -6.76. The lowest BCUT2D eigenvalue weighted by Crippen LogP contribution is -2.57. The molecule has 5 amide bonds. The van der Waals surface area contributed by atoms with Gasteiger partial charge in [-0.1, -0.05) is 0 Å². The first-order chi connectivity index (χ1) is 33.9. The van der Waals surface area contributed by atoms with Crippen molar-refractivity contribution < 1.29 is 33.8 Å². The second-order valence-corrected chi connectivity index (χ2v) is 20.3. The smallest absolute Gasteiger partial charge is 0.269 e. The zero-order chi connectivity index (χ0) is 48.4. The topological polar surface area (TPSA) is 194 Å². The number of carbonyl (C=O) groups excluding carboxylic acids is 5. The Morgan fingerprint density at radius 2 is 1.60 bits per heavy atom. The maximum atomic E-state index is 14.1. The lowest BCUT2D eigenvalue weighted by Gasteiger charge is -2.46. The highest BCUT2D eigenvalue weighted by atomic mass is 32.1. The highest BCUT2D eigenvalue weighted by Gasteiger charge is 2.45. The van der Waals surface area contributed by atoms with Crippen LogP contribution in [0.1, 0.15) is 110 Å². The molecule has 70 heavy (non-hydrogen) atoms. The van der Waals surface area contributed by atoms with Crippen molar-refractivity contribution in [1.29, 1.82) is 0 Å². The molecule has 1 aromatic carbocycles. The third-order valence-electron chi connectivity index (χ3n) is 15.1. The first-order valence-electron chi connectivity index (χ1n) is 24.5. The summed E-state index contributed by atoms with van der Waals surface area (Å²) in [7, 11) is 1.57. The van der Waals surface area contributed by atoms with Gasteiger partial charge in [0.25, 0.3) is 17.7 Å². The van der Waals surface area contributed by atoms with Gasteiger partial charge in [-0.05, 0) is 124 Å². The largest absolute Gasteiger partial charge is 0.480 e. The van der Waals surface area contributed by atoms with Gasteiger partial charge in [0, 0.05) is 91.9 Å². The third-order valence-corrected chi connectivity index (χ3v) is 16.4. The highest BCUT2D eigenvalue weighted by molar-refractivity contribution is 7.14. The molecule has 17 nitrogen and oxygen atoms in total. The zero-order valence-corrected chi connectivity index (χ0v) is 40.4. The summed E-state index contributed by atoms with van der Waals surface area (Å²) in [6, 6.07) is 12.8. The monoisotopic (exact) mass is 964 g/mol. The number of ether oxygens (including phenoxy) is 1. The maximum Gasteiger partial charge on any atom is 0.269 e. The molecule has 18 heteroatoms. The van der Waals surface area contributed by atoms with E-state index in [0.29, 0.717) is 46.9 Å². The first kappa shape index (κ1) is 45.7. The predicted molar refractivity (Wildman–Crippen MR) is 265 cm³/mol. The number of fused-ring (bicyclic) bond motifs is 4. The third kappa shape index (κ3) is 8.14. The number of benzene rings is 1. The van der Waals surface area contributed by atoms with Gasteiger partial charge in [-0.15, -0.1) is 11.3 Å². The lowest BCUT2D eigenvalue weighted by molar-refractivity contribution is -0.136. The Morgan fingerprint density at radius 1 is 0.800 bits per heavy atom. The molecule has 6 aliphatic rings. The molecule has 3 atom stereocenters. The minimum absolute atomic E-state index is 0.0516. The molecule has 11 rings (SSSR count). The number of aliphatic hydroxyl groups excluding tert-OH is 1. The Morgan fingerprint density at radius 3 is 2.36 bits per heavy atom. The number of hydrogen-bond acceptors (Lipinski definition) is 15. The van der Waals surface area contributed by atoms with E-state index < -0.39 is 35.8 Å². The number of rotatable bonds is 10. The second-order valence-electron chi connectivity index (χ2n) is 19.2. The number of piperidine rings is 2. The van der Waals surface area contributed by atoms with Crippen LogP contribution in [0.3, 0.4) is 0 Å². The van der Waals surface area contributed by atoms with Crippen LogP contribution in [-0.4, -0.2) is 124 Å². The van der Waals surface area contributed by atoms with E-state index in [1.807, 2.05) is 30.5 Å². The van der Waals surface area contributed by atoms with Crippen LogP contribution >= 0.6 is 11.3 Å². The van der Waals surface area contributed by atoms with E-state index in [9.17, 15) is 29.1 Å². The average Bonchev–Trinajstić information content (AvgIpc) is 3.88. The van der Waals surface area contributed by atoms with Crippen molar-refractivity contribution in [1.82, 2.24) is 30.1 Å². The normalized spacial score (nSPS) is 21.4. The summed E-state index contributed by atoms with van der Waals surface area (Å²) < 4.78 is 5.69. The number of aromatic nitrogens is 3. The van der Waals surface area contributed by atoms with Crippen LogP contribution < -0.4 is 30.1 Å². The van der Waals surface area contributed by atoms with Gasteiger partial charge >= 0.3 is 0 Å². The number of nitrogens with zero attached hydrogens (tertiary/aromatic N) is 8. The number of aliphatic hydroxyl groups is 1. The predicted octanol–water partition coefficient (Wildman–Crippen LogP) is 6.07. The summed E-state index contributed by atoms with van der Waals surface area (Å²) in [4.78, 5) is 91.3. The lowest BCUT2D eigenvalue weighted by atomic mass is 9.91. The molecule has 0 spiro atoms. The molecule has 3 fully saturated rings. The summed E-state index contributed by atoms with van der Waals surface area (Å²) in [5, 5.41) is 16.9. The van der Waals surface area contributed by atoms with Crippen molar-refractivity contribution in [3.05, 3.63) is 98.6 Å². The number of thiophene rings is 1. The first-order valence-corrected chi connectivity index (χ1v) is 25.3. The number of nitrogens with one attached hydrogen (secondary N) is 2. The van der Waals surface area contributed by atoms with Crippen molar-refractivity contribution in [3.63, 3.8) is 0 Å². The molecular formula is C52H56N10O7S. The van der Waals surface area contributed by atoms with E-state index in [1.54, 1.807) is 54.8 Å². The van der Waals surface area contributed by atoms with Gasteiger partial charge in [-0.3, -0.25) is 44.0 Å². The van der Waals surface area contributed by atoms with Gasteiger partial charge in [0.1, 0.15) is 23.4 Å². The summed E-state index contributed by atoms with van der Waals surface area (Å²) in [6.45, 7) is 8.72. The molecule has 9 heterocycles. The minimum Gasteiger partial charge on any atom is -0.480 e. The molecule has 5 aliphatic heterocycles. The van der Waals surface area contributed by atoms with Gasteiger partial charge in [-0.25, -0.2) is 15.0 Å². The highest BCUT2D eigenvalue weighted by Crippen LogP contribution is 2.42.